The molecule has 100 valence electrons. The van der Waals surface area contributed by atoms with Gasteiger partial charge in [-0.15, -0.1) is 0 Å². The minimum Gasteiger partial charge on any atom is -0.352 e. The Labute approximate surface area is 106 Å². The first kappa shape index (κ1) is 14.5. The highest BCUT2D eigenvalue weighted by molar-refractivity contribution is 5.78. The summed E-state index contributed by atoms with van der Waals surface area (Å²) in [5, 5.41) is 6.00. The van der Waals surface area contributed by atoms with Crippen molar-refractivity contribution in [2.75, 3.05) is 13.6 Å². The van der Waals surface area contributed by atoms with Gasteiger partial charge < -0.3 is 10.6 Å². The molecule has 0 aromatic carbocycles. The molecule has 0 spiro atoms. The lowest BCUT2D eigenvalue weighted by atomic mass is 9.69. The van der Waals surface area contributed by atoms with E-state index in [1.165, 1.54) is 19.3 Å². The number of rotatable bonds is 5. The molecular weight excluding hydrogens is 212 g/mol. The van der Waals surface area contributed by atoms with Crippen LogP contribution < -0.4 is 10.6 Å². The van der Waals surface area contributed by atoms with E-state index < -0.39 is 0 Å². The van der Waals surface area contributed by atoms with Gasteiger partial charge in [0.05, 0.1) is 6.54 Å². The van der Waals surface area contributed by atoms with Crippen molar-refractivity contribution >= 4 is 5.91 Å². The highest BCUT2D eigenvalue weighted by Gasteiger charge is 2.31. The first-order valence-electron chi connectivity index (χ1n) is 6.93. The van der Waals surface area contributed by atoms with Crippen LogP contribution in [0.4, 0.5) is 0 Å². The normalized spacial score (nSPS) is 25.6. The van der Waals surface area contributed by atoms with Crippen LogP contribution in [-0.4, -0.2) is 25.5 Å². The third kappa shape index (κ3) is 4.30. The number of amides is 1. The molecule has 3 nitrogen and oxygen atoms in total. The summed E-state index contributed by atoms with van der Waals surface area (Å²) in [4.78, 5) is 11.5. The maximum absolute atomic E-state index is 11.5. The lowest BCUT2D eigenvalue weighted by molar-refractivity contribution is -0.121. The predicted molar refractivity (Wildman–Crippen MR) is 71.9 cm³/mol. The fourth-order valence-electron chi connectivity index (χ4n) is 2.75. The van der Waals surface area contributed by atoms with Crippen molar-refractivity contribution in [2.24, 2.45) is 11.3 Å². The molecule has 0 bridgehead atoms. The molecule has 1 aliphatic rings. The molecule has 1 fully saturated rings. The molecule has 1 aliphatic carbocycles. The van der Waals surface area contributed by atoms with Crippen LogP contribution in [0.1, 0.15) is 52.9 Å². The third-order valence-electron chi connectivity index (χ3n) is 4.45. The summed E-state index contributed by atoms with van der Waals surface area (Å²) in [5.74, 6) is 0.954. The van der Waals surface area contributed by atoms with Gasteiger partial charge in [0.1, 0.15) is 0 Å². The van der Waals surface area contributed by atoms with Crippen LogP contribution in [0.3, 0.4) is 0 Å². The highest BCUT2D eigenvalue weighted by Crippen LogP contribution is 2.40. The maximum atomic E-state index is 11.5. The molecule has 1 rings (SSSR count). The average molecular weight is 240 g/mol. The zero-order valence-corrected chi connectivity index (χ0v) is 11.8. The van der Waals surface area contributed by atoms with Crippen LogP contribution in [0, 0.1) is 11.3 Å². The lowest BCUT2D eigenvalue weighted by Gasteiger charge is -2.39. The summed E-state index contributed by atoms with van der Waals surface area (Å²) in [7, 11) is 1.81. The predicted octanol–water partition coefficient (Wildman–Crippen LogP) is 2.32. The van der Waals surface area contributed by atoms with Crippen LogP contribution in [0.2, 0.25) is 0 Å². The van der Waals surface area contributed by atoms with Crippen LogP contribution in [-0.2, 0) is 4.79 Å². The van der Waals surface area contributed by atoms with Gasteiger partial charge in [-0.1, -0.05) is 27.2 Å². The van der Waals surface area contributed by atoms with Crippen molar-refractivity contribution in [3.8, 4) is 0 Å². The van der Waals surface area contributed by atoms with Crippen molar-refractivity contribution in [2.45, 2.75) is 58.9 Å². The van der Waals surface area contributed by atoms with Gasteiger partial charge in [-0.25, -0.2) is 0 Å². The number of likely N-dealkylation sites (N-methyl/N-ethyl adjacent to an activating group) is 1. The van der Waals surface area contributed by atoms with Gasteiger partial charge in [-0.3, -0.25) is 4.79 Å². The lowest BCUT2D eigenvalue weighted by Crippen LogP contribution is -2.42. The van der Waals surface area contributed by atoms with E-state index in [0.29, 0.717) is 18.0 Å². The molecule has 0 radical (unpaired) electrons. The summed E-state index contributed by atoms with van der Waals surface area (Å²) in [6, 6.07) is 0.403. The first-order chi connectivity index (χ1) is 7.99. The van der Waals surface area contributed by atoms with Gasteiger partial charge in [0.15, 0.2) is 0 Å². The number of carbonyl (C=O) groups is 1. The Morgan fingerprint density at radius 3 is 2.29 bits per heavy atom. The molecule has 0 heterocycles. The van der Waals surface area contributed by atoms with E-state index in [0.717, 1.165) is 18.8 Å². The minimum absolute atomic E-state index is 0.130. The summed E-state index contributed by atoms with van der Waals surface area (Å²) < 4.78 is 0. The van der Waals surface area contributed by atoms with E-state index in [1.54, 1.807) is 7.05 Å². The SMILES string of the molecule is CCC(C)(C)C1CCC(NC(=O)CNC)CC1. The van der Waals surface area contributed by atoms with Crippen molar-refractivity contribution in [3.63, 3.8) is 0 Å². The fourth-order valence-corrected chi connectivity index (χ4v) is 2.75. The Bertz CT molecular complexity index is 243. The molecule has 1 amide bonds. The van der Waals surface area contributed by atoms with Crippen LogP contribution in [0.5, 0.6) is 0 Å². The Morgan fingerprint density at radius 2 is 1.82 bits per heavy atom. The number of nitrogens with one attached hydrogen (secondary N) is 2. The van der Waals surface area contributed by atoms with Gasteiger partial charge in [0.25, 0.3) is 0 Å². The molecule has 17 heavy (non-hydrogen) atoms. The van der Waals surface area contributed by atoms with Crippen LogP contribution >= 0.6 is 0 Å². The zero-order valence-electron chi connectivity index (χ0n) is 11.8. The molecule has 3 heteroatoms. The van der Waals surface area contributed by atoms with Crippen molar-refractivity contribution in [1.82, 2.24) is 10.6 Å². The van der Waals surface area contributed by atoms with Gasteiger partial charge in [0, 0.05) is 6.04 Å². The van der Waals surface area contributed by atoms with Gasteiger partial charge in [0.2, 0.25) is 5.91 Å². The molecule has 0 aromatic rings. The van der Waals surface area contributed by atoms with E-state index in [1.807, 2.05) is 0 Å². The number of hydrogen-bond donors (Lipinski definition) is 2. The minimum atomic E-state index is 0.130. The molecular formula is C14H28N2O. The van der Waals surface area contributed by atoms with Crippen molar-refractivity contribution < 1.29 is 4.79 Å². The van der Waals surface area contributed by atoms with Crippen molar-refractivity contribution in [3.05, 3.63) is 0 Å². The van der Waals surface area contributed by atoms with Crippen LogP contribution in [0.25, 0.3) is 0 Å². The Kier molecular flexibility index (Phi) is 5.44. The molecule has 0 unspecified atom stereocenters. The van der Waals surface area contributed by atoms with E-state index >= 15 is 0 Å². The second-order valence-corrected chi connectivity index (χ2v) is 5.99. The topological polar surface area (TPSA) is 41.1 Å². The second-order valence-electron chi connectivity index (χ2n) is 5.99. The van der Waals surface area contributed by atoms with Gasteiger partial charge in [-0.05, 0) is 44.1 Å². The smallest absolute Gasteiger partial charge is 0.234 e. The quantitative estimate of drug-likeness (QED) is 0.774. The molecule has 1 saturated carbocycles. The maximum Gasteiger partial charge on any atom is 0.234 e. The van der Waals surface area contributed by atoms with Gasteiger partial charge >= 0.3 is 0 Å². The number of carbonyl (C=O) groups excluding carboxylic acids is 1. The summed E-state index contributed by atoms with van der Waals surface area (Å²) in [6.45, 7) is 7.45. The Morgan fingerprint density at radius 1 is 1.24 bits per heavy atom. The molecule has 0 aromatic heterocycles. The molecule has 0 atom stereocenters. The Balaban J connectivity index is 2.33. The Hall–Kier alpha value is -0.570. The zero-order chi connectivity index (χ0) is 12.9. The first-order valence-corrected chi connectivity index (χ1v) is 6.93. The van der Waals surface area contributed by atoms with Crippen LogP contribution in [0.15, 0.2) is 0 Å². The largest absolute Gasteiger partial charge is 0.352 e. The standard InChI is InChI=1S/C14H28N2O/c1-5-14(2,3)11-6-8-12(9-7-11)16-13(17)10-15-4/h11-12,15H,5-10H2,1-4H3,(H,16,17). The summed E-state index contributed by atoms with van der Waals surface area (Å²) >= 11 is 0. The monoisotopic (exact) mass is 240 g/mol. The summed E-state index contributed by atoms with van der Waals surface area (Å²) in [6.07, 6.45) is 6.04. The number of hydrogen-bond acceptors (Lipinski definition) is 2. The van der Waals surface area contributed by atoms with E-state index in [-0.39, 0.29) is 5.91 Å². The molecule has 2 N–H and O–H groups in total. The highest BCUT2D eigenvalue weighted by atomic mass is 16.1. The average Bonchev–Trinajstić information content (AvgIpc) is 2.30. The third-order valence-corrected chi connectivity index (χ3v) is 4.45. The van der Waals surface area contributed by atoms with E-state index in [9.17, 15) is 4.79 Å². The fraction of sp³-hybridized carbons (Fsp3) is 0.929. The molecule has 0 saturated heterocycles. The molecule has 0 aliphatic heterocycles. The summed E-state index contributed by atoms with van der Waals surface area (Å²) in [5.41, 5.74) is 0.458. The van der Waals surface area contributed by atoms with E-state index in [4.69, 9.17) is 0 Å². The van der Waals surface area contributed by atoms with Crippen molar-refractivity contribution in [1.29, 1.82) is 0 Å². The van der Waals surface area contributed by atoms with Gasteiger partial charge in [-0.2, -0.15) is 0 Å². The van der Waals surface area contributed by atoms with E-state index in [2.05, 4.69) is 31.4 Å². The second kappa shape index (κ2) is 6.39.